The van der Waals surface area contributed by atoms with Gasteiger partial charge < -0.3 is 14.5 Å². The highest BCUT2D eigenvalue weighted by Crippen LogP contribution is 2.32. The first-order chi connectivity index (χ1) is 19.6. The molecule has 0 unspecified atom stereocenters. The fraction of sp³-hybridized carbons (Fsp3) is 0.321. The minimum absolute atomic E-state index is 0.131. The van der Waals surface area contributed by atoms with E-state index in [1.54, 1.807) is 31.7 Å². The Hall–Kier alpha value is -3.91. The number of nitrogens with one attached hydrogen (secondary N) is 2. The average Bonchev–Trinajstić information content (AvgIpc) is 3.15. The van der Waals surface area contributed by atoms with Crippen LogP contribution in [0.15, 0.2) is 76.5 Å². The maximum atomic E-state index is 13.8. The molecule has 4 rings (SSSR count). The van der Waals surface area contributed by atoms with Crippen LogP contribution in [0.1, 0.15) is 27.2 Å². The van der Waals surface area contributed by atoms with Crippen molar-refractivity contribution >= 4 is 43.2 Å². The van der Waals surface area contributed by atoms with Crippen molar-refractivity contribution in [3.63, 3.8) is 0 Å². The number of ether oxygens (including phenoxy) is 1. The molecular formula is C28H32F2N4O6S2. The zero-order valence-corrected chi connectivity index (χ0v) is 24.9. The molecule has 226 valence electrons. The van der Waals surface area contributed by atoms with Gasteiger partial charge in [-0.3, -0.25) is 9.44 Å². The summed E-state index contributed by atoms with van der Waals surface area (Å²) in [4.78, 5) is 15.4. The summed E-state index contributed by atoms with van der Waals surface area (Å²) in [5.74, 6) is -1.53. The Morgan fingerprint density at radius 3 is 1.88 bits per heavy atom. The van der Waals surface area contributed by atoms with Crippen molar-refractivity contribution in [3.05, 3.63) is 78.4 Å². The Kier molecular flexibility index (Phi) is 8.97. The zero-order valence-electron chi connectivity index (χ0n) is 23.3. The van der Waals surface area contributed by atoms with E-state index in [4.69, 9.17) is 4.74 Å². The second-order valence-corrected chi connectivity index (χ2v) is 14.0. The summed E-state index contributed by atoms with van der Waals surface area (Å²) < 4.78 is 90.2. The van der Waals surface area contributed by atoms with E-state index in [1.807, 2.05) is 4.90 Å². The first kappa shape index (κ1) is 31.0. The fourth-order valence-electron chi connectivity index (χ4n) is 4.26. The highest BCUT2D eigenvalue weighted by molar-refractivity contribution is 7.93. The number of anilines is 3. The van der Waals surface area contributed by atoms with Crippen LogP contribution in [0.25, 0.3) is 0 Å². The molecule has 1 amide bonds. The van der Waals surface area contributed by atoms with Crippen LogP contribution in [-0.2, 0) is 24.8 Å². The van der Waals surface area contributed by atoms with Gasteiger partial charge in [0.05, 0.1) is 21.2 Å². The number of nitrogens with zero attached hydrogens (tertiary/aromatic N) is 2. The van der Waals surface area contributed by atoms with E-state index < -0.39 is 43.4 Å². The lowest BCUT2D eigenvalue weighted by molar-refractivity contribution is 0.0263. The molecule has 1 aliphatic heterocycles. The average molecular weight is 623 g/mol. The lowest BCUT2D eigenvalue weighted by Gasteiger charge is -2.27. The quantitative estimate of drug-likeness (QED) is 0.379. The summed E-state index contributed by atoms with van der Waals surface area (Å²) in [6.45, 7) is 7.05. The molecule has 0 aromatic heterocycles. The lowest BCUT2D eigenvalue weighted by Crippen LogP contribution is -2.39. The summed E-state index contributed by atoms with van der Waals surface area (Å²) in [6, 6.07) is 13.2. The van der Waals surface area contributed by atoms with Gasteiger partial charge in [0.2, 0.25) is 0 Å². The van der Waals surface area contributed by atoms with Crippen molar-refractivity contribution in [1.82, 2.24) is 4.90 Å². The highest BCUT2D eigenvalue weighted by Gasteiger charge is 2.26. The van der Waals surface area contributed by atoms with Crippen LogP contribution in [0.5, 0.6) is 0 Å². The number of halogens is 2. The van der Waals surface area contributed by atoms with Gasteiger partial charge in [0, 0.05) is 31.9 Å². The Labute approximate surface area is 244 Å². The number of sulfonamides is 2. The molecule has 0 atom stereocenters. The monoisotopic (exact) mass is 622 g/mol. The molecule has 0 saturated carbocycles. The van der Waals surface area contributed by atoms with Crippen molar-refractivity contribution in [2.75, 3.05) is 40.5 Å². The van der Waals surface area contributed by atoms with Gasteiger partial charge in [-0.15, -0.1) is 0 Å². The van der Waals surface area contributed by atoms with Crippen molar-refractivity contribution in [1.29, 1.82) is 0 Å². The fourth-order valence-corrected chi connectivity index (χ4v) is 6.48. The Balaban J connectivity index is 1.66. The third kappa shape index (κ3) is 7.88. The predicted molar refractivity (Wildman–Crippen MR) is 155 cm³/mol. The topological polar surface area (TPSA) is 125 Å². The van der Waals surface area contributed by atoms with Crippen molar-refractivity contribution in [2.45, 2.75) is 42.6 Å². The van der Waals surface area contributed by atoms with E-state index in [0.29, 0.717) is 38.3 Å². The van der Waals surface area contributed by atoms with Crippen LogP contribution >= 0.6 is 0 Å². The molecule has 0 bridgehead atoms. The molecule has 42 heavy (non-hydrogen) atoms. The van der Waals surface area contributed by atoms with E-state index in [2.05, 4.69) is 9.44 Å². The van der Waals surface area contributed by atoms with Gasteiger partial charge in [-0.25, -0.2) is 30.4 Å². The second-order valence-electron chi connectivity index (χ2n) is 10.7. The largest absolute Gasteiger partial charge is 0.444 e. The van der Waals surface area contributed by atoms with Crippen LogP contribution in [0.3, 0.4) is 0 Å². The molecule has 1 heterocycles. The zero-order chi connectivity index (χ0) is 30.7. The lowest BCUT2D eigenvalue weighted by atomic mass is 10.2. The number of benzene rings is 3. The standard InChI is InChI=1S/C28H32F2N4O6S2/c1-28(2,3)40-27(35)34-14-6-13-33(15-16-34)22-11-12-25(31-41(36,37)23-9-4-7-20(29)17-23)26(19-22)32-42(38,39)24-10-5-8-21(30)18-24/h4-5,7-12,17-19,31-32H,6,13-16H2,1-3H3. The third-order valence-electron chi connectivity index (χ3n) is 6.22. The van der Waals surface area contributed by atoms with Gasteiger partial charge >= 0.3 is 6.09 Å². The molecule has 2 N–H and O–H groups in total. The Bertz CT molecular complexity index is 1680. The summed E-state index contributed by atoms with van der Waals surface area (Å²) in [6.07, 6.45) is 0.160. The van der Waals surface area contributed by atoms with Crippen molar-refractivity contribution in [2.24, 2.45) is 0 Å². The summed E-state index contributed by atoms with van der Waals surface area (Å²) in [5, 5.41) is 0. The first-order valence-electron chi connectivity index (χ1n) is 13.1. The highest BCUT2D eigenvalue weighted by atomic mass is 32.2. The SMILES string of the molecule is CC(C)(C)OC(=O)N1CCCN(c2ccc(NS(=O)(=O)c3cccc(F)c3)c(NS(=O)(=O)c3cccc(F)c3)c2)CC1. The molecular weight excluding hydrogens is 590 g/mol. The van der Waals surface area contributed by atoms with Crippen LogP contribution in [0, 0.1) is 11.6 Å². The third-order valence-corrected chi connectivity index (χ3v) is 8.94. The van der Waals surface area contributed by atoms with Gasteiger partial charge in [0.25, 0.3) is 20.0 Å². The predicted octanol–water partition coefficient (Wildman–Crippen LogP) is 5.01. The molecule has 3 aromatic carbocycles. The molecule has 3 aromatic rings. The maximum Gasteiger partial charge on any atom is 0.410 e. The molecule has 0 spiro atoms. The Morgan fingerprint density at radius 1 is 0.762 bits per heavy atom. The summed E-state index contributed by atoms with van der Waals surface area (Å²) in [5.41, 5.74) is -0.365. The second kappa shape index (κ2) is 12.1. The van der Waals surface area contributed by atoms with Crippen LogP contribution < -0.4 is 14.3 Å². The van der Waals surface area contributed by atoms with Gasteiger partial charge in [0.1, 0.15) is 17.2 Å². The van der Waals surface area contributed by atoms with Crippen molar-refractivity contribution < 1.29 is 35.1 Å². The van der Waals surface area contributed by atoms with E-state index in [0.717, 1.165) is 24.3 Å². The minimum atomic E-state index is -4.35. The van der Waals surface area contributed by atoms with Gasteiger partial charge in [-0.05, 0) is 81.8 Å². The van der Waals surface area contributed by atoms with Gasteiger partial charge in [-0.1, -0.05) is 12.1 Å². The molecule has 14 heteroatoms. The molecule has 0 radical (unpaired) electrons. The maximum absolute atomic E-state index is 13.8. The molecule has 0 aliphatic carbocycles. The molecule has 1 aliphatic rings. The van der Waals surface area contributed by atoms with E-state index >= 15 is 0 Å². The number of carbonyl (C=O) groups is 1. The van der Waals surface area contributed by atoms with Crippen LogP contribution in [-0.4, -0.2) is 59.6 Å². The summed E-state index contributed by atoms with van der Waals surface area (Å²) >= 11 is 0. The number of hydrogen-bond donors (Lipinski definition) is 2. The van der Waals surface area contributed by atoms with Crippen molar-refractivity contribution in [3.8, 4) is 0 Å². The molecule has 10 nitrogen and oxygen atoms in total. The van der Waals surface area contributed by atoms with Crippen LogP contribution in [0.4, 0.5) is 30.6 Å². The smallest absolute Gasteiger partial charge is 0.410 e. The number of hydrogen-bond acceptors (Lipinski definition) is 7. The number of carbonyl (C=O) groups excluding carboxylic acids is 1. The first-order valence-corrected chi connectivity index (χ1v) is 16.0. The van der Waals surface area contributed by atoms with E-state index in [9.17, 15) is 30.4 Å². The van der Waals surface area contributed by atoms with Gasteiger partial charge in [0.15, 0.2) is 0 Å². The minimum Gasteiger partial charge on any atom is -0.444 e. The molecule has 1 fully saturated rings. The number of rotatable bonds is 7. The van der Waals surface area contributed by atoms with Gasteiger partial charge in [-0.2, -0.15) is 0 Å². The van der Waals surface area contributed by atoms with Crippen LogP contribution in [0.2, 0.25) is 0 Å². The Morgan fingerprint density at radius 2 is 1.33 bits per heavy atom. The normalized spacial score (nSPS) is 14.7. The number of amides is 1. The summed E-state index contributed by atoms with van der Waals surface area (Å²) in [7, 11) is -8.67. The van der Waals surface area contributed by atoms with E-state index in [1.165, 1.54) is 36.4 Å². The van der Waals surface area contributed by atoms with E-state index in [-0.39, 0.29) is 21.2 Å². The molecule has 1 saturated heterocycles.